The van der Waals surface area contributed by atoms with Crippen LogP contribution >= 0.6 is 0 Å². The molecule has 4 heterocycles. The number of aryl methyl sites for hydroxylation is 1. The van der Waals surface area contributed by atoms with Gasteiger partial charge in [-0.1, -0.05) is 42.0 Å². The third kappa shape index (κ3) is 4.27. The Hall–Kier alpha value is -2.74. The van der Waals surface area contributed by atoms with Crippen molar-refractivity contribution in [2.75, 3.05) is 25.4 Å². The summed E-state index contributed by atoms with van der Waals surface area (Å²) in [5, 5.41) is 6.93. The SMILES string of the molecule is Cc1c(-c2nn(C3CC(CN4CCC4)C3)c3ncnc(N)c23)ccc2[c-]cc(-c3ccccc3)nc12.[Y]. The van der Waals surface area contributed by atoms with Crippen molar-refractivity contribution in [3.8, 4) is 22.5 Å². The third-order valence-electron chi connectivity index (χ3n) is 7.89. The summed E-state index contributed by atoms with van der Waals surface area (Å²) in [5.74, 6) is 1.20. The molecule has 0 bridgehead atoms. The summed E-state index contributed by atoms with van der Waals surface area (Å²) < 4.78 is 2.10. The molecule has 2 fully saturated rings. The minimum absolute atomic E-state index is 0. The van der Waals surface area contributed by atoms with E-state index in [1.165, 1.54) is 26.1 Å². The molecule has 1 aliphatic carbocycles. The van der Waals surface area contributed by atoms with Gasteiger partial charge in [0, 0.05) is 39.3 Å². The summed E-state index contributed by atoms with van der Waals surface area (Å²) in [6, 6.07) is 20.1. The number of nitrogens with zero attached hydrogens (tertiary/aromatic N) is 6. The number of nitrogen functional groups attached to an aromatic ring is 1. The van der Waals surface area contributed by atoms with E-state index in [4.69, 9.17) is 15.8 Å². The maximum atomic E-state index is 6.42. The van der Waals surface area contributed by atoms with Crippen LogP contribution in [0.15, 0.2) is 54.9 Å². The van der Waals surface area contributed by atoms with E-state index in [-0.39, 0.29) is 32.7 Å². The van der Waals surface area contributed by atoms with Gasteiger partial charge in [0.2, 0.25) is 0 Å². The largest absolute Gasteiger partial charge is 0.383 e. The van der Waals surface area contributed by atoms with E-state index in [0.29, 0.717) is 11.9 Å². The van der Waals surface area contributed by atoms with Gasteiger partial charge in [0.25, 0.3) is 0 Å². The number of aromatic nitrogens is 5. The fourth-order valence-corrected chi connectivity index (χ4v) is 5.69. The Morgan fingerprint density at radius 1 is 1.05 bits per heavy atom. The molecule has 0 atom stereocenters. The molecule has 2 aliphatic rings. The zero-order chi connectivity index (χ0) is 24.2. The van der Waals surface area contributed by atoms with Crippen LogP contribution < -0.4 is 5.73 Å². The molecule has 37 heavy (non-hydrogen) atoms. The topological polar surface area (TPSA) is 85.8 Å². The van der Waals surface area contributed by atoms with Crippen molar-refractivity contribution < 1.29 is 32.7 Å². The molecule has 8 heteroatoms. The van der Waals surface area contributed by atoms with E-state index < -0.39 is 0 Å². The van der Waals surface area contributed by atoms with Crippen LogP contribution in [0.1, 0.15) is 30.9 Å². The predicted octanol–water partition coefficient (Wildman–Crippen LogP) is 5.05. The number of likely N-dealkylation sites (tertiary alicyclic amines) is 1. The number of benzene rings is 2. The van der Waals surface area contributed by atoms with Crippen molar-refractivity contribution in [3.63, 3.8) is 0 Å². The fourth-order valence-electron chi connectivity index (χ4n) is 5.69. The molecule has 183 valence electrons. The molecule has 5 aromatic rings. The molecule has 2 N–H and O–H groups in total. The number of rotatable bonds is 5. The number of pyridine rings is 1. The first-order valence-corrected chi connectivity index (χ1v) is 12.7. The van der Waals surface area contributed by atoms with Crippen molar-refractivity contribution >= 4 is 27.8 Å². The van der Waals surface area contributed by atoms with Crippen molar-refractivity contribution in [2.24, 2.45) is 5.92 Å². The van der Waals surface area contributed by atoms with Crippen LogP contribution in [0, 0.1) is 18.9 Å². The van der Waals surface area contributed by atoms with Gasteiger partial charge in [0.1, 0.15) is 17.8 Å². The van der Waals surface area contributed by atoms with Gasteiger partial charge in [-0.15, -0.1) is 23.6 Å². The van der Waals surface area contributed by atoms with Crippen molar-refractivity contribution in [3.05, 3.63) is 66.5 Å². The van der Waals surface area contributed by atoms with Gasteiger partial charge in [0.15, 0.2) is 5.65 Å². The number of anilines is 1. The van der Waals surface area contributed by atoms with E-state index in [1.807, 2.05) is 24.3 Å². The summed E-state index contributed by atoms with van der Waals surface area (Å²) in [7, 11) is 0. The molecular formula is C29H28N7Y-. The number of fused-ring (bicyclic) bond motifs is 2. The molecule has 0 spiro atoms. The van der Waals surface area contributed by atoms with Gasteiger partial charge in [-0.3, -0.25) is 0 Å². The molecule has 0 unspecified atom stereocenters. The summed E-state index contributed by atoms with van der Waals surface area (Å²) in [6.45, 7) is 5.80. The second-order valence-electron chi connectivity index (χ2n) is 10.2. The third-order valence-corrected chi connectivity index (χ3v) is 7.89. The van der Waals surface area contributed by atoms with Crippen molar-refractivity contribution in [2.45, 2.75) is 32.2 Å². The first kappa shape index (κ1) is 24.6. The maximum Gasteiger partial charge on any atom is 0.164 e. The standard InChI is InChI=1S/C29H28N7.Y/c1-18-23(10-8-21-9-11-24(33-26(18)21)20-6-3-2-4-7-20)27-25-28(30)31-17-32-29(25)36(34-27)22-14-19(15-22)16-35-12-5-13-35;/h2-4,6-8,10-11,17,19,22H,5,12-16H2,1H3,(H2,30,31,32);/q-1;. The van der Waals surface area contributed by atoms with E-state index >= 15 is 0 Å². The zero-order valence-electron chi connectivity index (χ0n) is 20.9. The summed E-state index contributed by atoms with van der Waals surface area (Å²) in [5.41, 5.74) is 13.0. The molecule has 1 saturated heterocycles. The second-order valence-corrected chi connectivity index (χ2v) is 10.2. The summed E-state index contributed by atoms with van der Waals surface area (Å²) >= 11 is 0. The predicted molar refractivity (Wildman–Crippen MR) is 142 cm³/mol. The van der Waals surface area contributed by atoms with Crippen LogP contribution in [-0.4, -0.2) is 49.3 Å². The van der Waals surface area contributed by atoms with Gasteiger partial charge in [0.05, 0.1) is 11.4 Å². The van der Waals surface area contributed by atoms with Crippen LogP contribution in [0.3, 0.4) is 0 Å². The average Bonchev–Trinajstić information content (AvgIpc) is 3.23. The normalized spacial score (nSPS) is 19.4. The van der Waals surface area contributed by atoms with Crippen molar-refractivity contribution in [1.82, 2.24) is 29.6 Å². The second kappa shape index (κ2) is 9.86. The summed E-state index contributed by atoms with van der Waals surface area (Å²) in [6.07, 6.45) is 5.14. The van der Waals surface area contributed by atoms with Crippen molar-refractivity contribution in [1.29, 1.82) is 0 Å². The van der Waals surface area contributed by atoms with Gasteiger partial charge < -0.3 is 15.6 Å². The Labute approximate surface area is 241 Å². The van der Waals surface area contributed by atoms with Crippen LogP contribution in [-0.2, 0) is 32.7 Å². The van der Waals surface area contributed by atoms with Gasteiger partial charge in [-0.05, 0) is 67.5 Å². The minimum Gasteiger partial charge on any atom is -0.383 e. The molecule has 2 aromatic carbocycles. The Balaban J connectivity index is 0.00000252. The van der Waals surface area contributed by atoms with E-state index in [1.54, 1.807) is 6.33 Å². The first-order chi connectivity index (χ1) is 17.7. The van der Waals surface area contributed by atoms with Gasteiger partial charge >= 0.3 is 0 Å². The van der Waals surface area contributed by atoms with E-state index in [2.05, 4.69) is 56.8 Å². The zero-order valence-corrected chi connectivity index (χ0v) is 23.8. The van der Waals surface area contributed by atoms with Crippen LogP contribution in [0.5, 0.6) is 0 Å². The monoisotopic (exact) mass is 563 g/mol. The molecule has 1 radical (unpaired) electrons. The van der Waals surface area contributed by atoms with Crippen LogP contribution in [0.2, 0.25) is 0 Å². The molecule has 3 aromatic heterocycles. The average molecular weight is 563 g/mol. The fraction of sp³-hybridized carbons (Fsp3) is 0.310. The van der Waals surface area contributed by atoms with Crippen LogP contribution in [0.4, 0.5) is 5.82 Å². The maximum absolute atomic E-state index is 6.42. The first-order valence-electron chi connectivity index (χ1n) is 12.7. The van der Waals surface area contributed by atoms with E-state index in [0.717, 1.165) is 68.8 Å². The Morgan fingerprint density at radius 3 is 2.62 bits per heavy atom. The minimum atomic E-state index is 0. The molecular weight excluding hydrogens is 535 g/mol. The van der Waals surface area contributed by atoms with Crippen LogP contribution in [0.25, 0.3) is 44.5 Å². The quantitative estimate of drug-likeness (QED) is 0.301. The molecule has 7 nitrogen and oxygen atoms in total. The molecule has 1 aliphatic heterocycles. The summed E-state index contributed by atoms with van der Waals surface area (Å²) in [4.78, 5) is 16.5. The smallest absolute Gasteiger partial charge is 0.164 e. The number of nitrogens with two attached hydrogens (primary N) is 1. The molecule has 0 amide bonds. The van der Waals surface area contributed by atoms with Gasteiger partial charge in [-0.25, -0.2) is 14.6 Å². The van der Waals surface area contributed by atoms with Gasteiger partial charge in [-0.2, -0.15) is 5.10 Å². The Bertz CT molecular complexity index is 1590. The Kier molecular flexibility index (Phi) is 6.55. The molecule has 1 saturated carbocycles. The molecule has 7 rings (SSSR count). The van der Waals surface area contributed by atoms with E-state index in [9.17, 15) is 0 Å². The Morgan fingerprint density at radius 2 is 1.86 bits per heavy atom. The number of hydrogen-bond acceptors (Lipinski definition) is 6. The number of hydrogen-bond donors (Lipinski definition) is 1.